The second-order valence-corrected chi connectivity index (χ2v) is 7.16. The molecule has 1 fully saturated rings. The van der Waals surface area contributed by atoms with E-state index in [4.69, 9.17) is 9.47 Å². The average molecular weight is 367 g/mol. The lowest BCUT2D eigenvalue weighted by Crippen LogP contribution is -2.48. The highest BCUT2D eigenvalue weighted by Gasteiger charge is 2.20. The minimum Gasteiger partial charge on any atom is -0.454 e. The number of aryl methyl sites for hydroxylation is 1. The molecule has 1 N–H and O–H groups in total. The SMILES string of the molecule is Cc1cccc(CN2CCN(CC(=O)Nc3ccc4c(c3)OCO4)CC2)c1. The van der Waals surface area contributed by atoms with E-state index in [-0.39, 0.29) is 12.7 Å². The van der Waals surface area contributed by atoms with Crippen molar-refractivity contribution in [2.24, 2.45) is 0 Å². The van der Waals surface area contributed by atoms with Crippen LogP contribution in [0.15, 0.2) is 42.5 Å². The molecular weight excluding hydrogens is 342 g/mol. The van der Waals surface area contributed by atoms with E-state index >= 15 is 0 Å². The molecular formula is C21H25N3O3. The fraction of sp³-hybridized carbons (Fsp3) is 0.381. The summed E-state index contributed by atoms with van der Waals surface area (Å²) >= 11 is 0. The summed E-state index contributed by atoms with van der Waals surface area (Å²) in [5, 5.41) is 2.95. The van der Waals surface area contributed by atoms with E-state index in [9.17, 15) is 4.79 Å². The lowest BCUT2D eigenvalue weighted by atomic mass is 10.1. The molecule has 0 unspecified atom stereocenters. The first-order chi connectivity index (χ1) is 13.2. The van der Waals surface area contributed by atoms with Crippen molar-refractivity contribution >= 4 is 11.6 Å². The van der Waals surface area contributed by atoms with Crippen molar-refractivity contribution in [3.63, 3.8) is 0 Å². The molecule has 6 nitrogen and oxygen atoms in total. The van der Waals surface area contributed by atoms with Crippen LogP contribution in [0.3, 0.4) is 0 Å². The number of fused-ring (bicyclic) bond motifs is 1. The van der Waals surface area contributed by atoms with E-state index in [1.165, 1.54) is 11.1 Å². The summed E-state index contributed by atoms with van der Waals surface area (Å²) in [7, 11) is 0. The highest BCUT2D eigenvalue weighted by Crippen LogP contribution is 2.34. The van der Waals surface area contributed by atoms with E-state index in [0.717, 1.165) is 44.2 Å². The summed E-state index contributed by atoms with van der Waals surface area (Å²) in [6.07, 6.45) is 0. The molecule has 0 aromatic heterocycles. The fourth-order valence-corrected chi connectivity index (χ4v) is 3.55. The molecule has 1 amide bonds. The zero-order chi connectivity index (χ0) is 18.6. The van der Waals surface area contributed by atoms with Crippen LogP contribution in [0.4, 0.5) is 5.69 Å². The van der Waals surface area contributed by atoms with Gasteiger partial charge in [-0.2, -0.15) is 0 Å². The standard InChI is InChI=1S/C21H25N3O3/c1-16-3-2-4-17(11-16)13-23-7-9-24(10-8-23)14-21(25)22-18-5-6-19-20(12-18)27-15-26-19/h2-6,11-12H,7-10,13-15H2,1H3,(H,22,25). The first-order valence-corrected chi connectivity index (χ1v) is 9.35. The Hall–Kier alpha value is -2.57. The molecule has 2 aromatic rings. The number of anilines is 1. The first-order valence-electron chi connectivity index (χ1n) is 9.35. The third-order valence-corrected chi connectivity index (χ3v) is 4.98. The molecule has 0 saturated carbocycles. The van der Waals surface area contributed by atoms with Crippen molar-refractivity contribution in [3.8, 4) is 11.5 Å². The second kappa shape index (κ2) is 7.98. The summed E-state index contributed by atoms with van der Waals surface area (Å²) < 4.78 is 10.6. The second-order valence-electron chi connectivity index (χ2n) is 7.16. The smallest absolute Gasteiger partial charge is 0.238 e. The Bertz CT molecular complexity index is 816. The van der Waals surface area contributed by atoms with Crippen molar-refractivity contribution in [2.45, 2.75) is 13.5 Å². The van der Waals surface area contributed by atoms with Gasteiger partial charge in [-0.25, -0.2) is 0 Å². The summed E-state index contributed by atoms with van der Waals surface area (Å²) in [4.78, 5) is 17.0. The zero-order valence-corrected chi connectivity index (χ0v) is 15.6. The number of amides is 1. The average Bonchev–Trinajstić information content (AvgIpc) is 3.11. The number of piperazine rings is 1. The predicted molar refractivity (Wildman–Crippen MR) is 104 cm³/mol. The van der Waals surface area contributed by atoms with Gasteiger partial charge >= 0.3 is 0 Å². The van der Waals surface area contributed by atoms with Gasteiger partial charge in [0.05, 0.1) is 6.54 Å². The third kappa shape index (κ3) is 4.59. The van der Waals surface area contributed by atoms with Crippen molar-refractivity contribution in [2.75, 3.05) is 44.8 Å². The number of hydrogen-bond donors (Lipinski definition) is 1. The molecule has 2 aliphatic rings. The van der Waals surface area contributed by atoms with Gasteiger partial charge < -0.3 is 14.8 Å². The largest absolute Gasteiger partial charge is 0.454 e. The highest BCUT2D eigenvalue weighted by molar-refractivity contribution is 5.92. The summed E-state index contributed by atoms with van der Waals surface area (Å²) in [6.45, 7) is 7.50. The number of carbonyl (C=O) groups excluding carboxylic acids is 1. The van der Waals surface area contributed by atoms with Crippen LogP contribution >= 0.6 is 0 Å². The van der Waals surface area contributed by atoms with Crippen LogP contribution in [0.1, 0.15) is 11.1 Å². The number of ether oxygens (including phenoxy) is 2. The van der Waals surface area contributed by atoms with E-state index in [1.807, 2.05) is 12.1 Å². The van der Waals surface area contributed by atoms with E-state index in [1.54, 1.807) is 6.07 Å². The number of nitrogens with one attached hydrogen (secondary N) is 1. The quantitative estimate of drug-likeness (QED) is 0.880. The van der Waals surface area contributed by atoms with Crippen LogP contribution < -0.4 is 14.8 Å². The van der Waals surface area contributed by atoms with Crippen molar-refractivity contribution in [1.82, 2.24) is 9.80 Å². The molecule has 4 rings (SSSR count). The van der Waals surface area contributed by atoms with Crippen LogP contribution in [-0.2, 0) is 11.3 Å². The number of rotatable bonds is 5. The van der Waals surface area contributed by atoms with Gasteiger partial charge in [-0.1, -0.05) is 29.8 Å². The lowest BCUT2D eigenvalue weighted by molar-refractivity contribution is -0.117. The third-order valence-electron chi connectivity index (χ3n) is 4.98. The normalized spacial score (nSPS) is 17.1. The molecule has 0 aliphatic carbocycles. The molecule has 6 heteroatoms. The zero-order valence-electron chi connectivity index (χ0n) is 15.6. The van der Waals surface area contributed by atoms with Gasteiger partial charge in [0.1, 0.15) is 0 Å². The molecule has 0 bridgehead atoms. The first kappa shape index (κ1) is 17.8. The van der Waals surface area contributed by atoms with Crippen LogP contribution in [0.2, 0.25) is 0 Å². The van der Waals surface area contributed by atoms with Gasteiger partial charge in [-0.15, -0.1) is 0 Å². The maximum atomic E-state index is 12.4. The molecule has 0 spiro atoms. The van der Waals surface area contributed by atoms with Gasteiger partial charge in [-0.3, -0.25) is 14.6 Å². The maximum Gasteiger partial charge on any atom is 0.238 e. The lowest BCUT2D eigenvalue weighted by Gasteiger charge is -2.34. The number of benzene rings is 2. The van der Waals surface area contributed by atoms with Crippen molar-refractivity contribution in [3.05, 3.63) is 53.6 Å². The maximum absolute atomic E-state index is 12.4. The Kier molecular flexibility index (Phi) is 5.27. The Morgan fingerprint density at radius 1 is 1.00 bits per heavy atom. The Balaban J connectivity index is 1.23. The molecule has 0 radical (unpaired) electrons. The van der Waals surface area contributed by atoms with Crippen LogP contribution in [0.5, 0.6) is 11.5 Å². The number of hydrogen-bond acceptors (Lipinski definition) is 5. The Morgan fingerprint density at radius 2 is 1.78 bits per heavy atom. The van der Waals surface area contributed by atoms with E-state index in [2.05, 4.69) is 46.3 Å². The van der Waals surface area contributed by atoms with Gasteiger partial charge in [0.2, 0.25) is 12.7 Å². The molecule has 142 valence electrons. The van der Waals surface area contributed by atoms with Gasteiger partial charge in [-0.05, 0) is 24.6 Å². The molecule has 2 aromatic carbocycles. The molecule has 2 heterocycles. The highest BCUT2D eigenvalue weighted by atomic mass is 16.7. The van der Waals surface area contributed by atoms with Crippen LogP contribution in [-0.4, -0.2) is 55.2 Å². The minimum absolute atomic E-state index is 0.000925. The summed E-state index contributed by atoms with van der Waals surface area (Å²) in [5.74, 6) is 1.40. The molecule has 2 aliphatic heterocycles. The molecule has 27 heavy (non-hydrogen) atoms. The number of carbonyl (C=O) groups is 1. The molecule has 1 saturated heterocycles. The van der Waals surface area contributed by atoms with E-state index < -0.39 is 0 Å². The van der Waals surface area contributed by atoms with Crippen LogP contribution in [0, 0.1) is 6.92 Å². The van der Waals surface area contributed by atoms with Crippen molar-refractivity contribution < 1.29 is 14.3 Å². The topological polar surface area (TPSA) is 54.0 Å². The predicted octanol–water partition coefficient (Wildman–Crippen LogP) is 2.48. The van der Waals surface area contributed by atoms with Crippen LogP contribution in [0.25, 0.3) is 0 Å². The monoisotopic (exact) mass is 367 g/mol. The minimum atomic E-state index is 0.000925. The van der Waals surface area contributed by atoms with Gasteiger partial charge in [0, 0.05) is 44.5 Å². The van der Waals surface area contributed by atoms with Crippen molar-refractivity contribution in [1.29, 1.82) is 0 Å². The fourth-order valence-electron chi connectivity index (χ4n) is 3.55. The summed E-state index contributed by atoms with van der Waals surface area (Å²) in [5.41, 5.74) is 3.39. The Labute approximate surface area is 159 Å². The van der Waals surface area contributed by atoms with E-state index in [0.29, 0.717) is 12.3 Å². The molecule has 0 atom stereocenters. The van der Waals surface area contributed by atoms with Gasteiger partial charge in [0.15, 0.2) is 11.5 Å². The summed E-state index contributed by atoms with van der Waals surface area (Å²) in [6, 6.07) is 14.1. The number of nitrogens with zero attached hydrogens (tertiary/aromatic N) is 2. The van der Waals surface area contributed by atoms with Gasteiger partial charge in [0.25, 0.3) is 0 Å². The Morgan fingerprint density at radius 3 is 2.59 bits per heavy atom.